The van der Waals surface area contributed by atoms with Crippen molar-refractivity contribution in [2.75, 3.05) is 6.54 Å². The van der Waals surface area contributed by atoms with Crippen molar-refractivity contribution in [2.24, 2.45) is 0 Å². The van der Waals surface area contributed by atoms with Crippen LogP contribution in [0.25, 0.3) is 0 Å². The van der Waals surface area contributed by atoms with Gasteiger partial charge in [-0.05, 0) is 24.0 Å². The van der Waals surface area contributed by atoms with E-state index in [9.17, 15) is 4.79 Å². The summed E-state index contributed by atoms with van der Waals surface area (Å²) in [4.78, 5) is 18.9. The first-order chi connectivity index (χ1) is 11.8. The monoisotopic (exact) mass is 323 g/mol. The summed E-state index contributed by atoms with van der Waals surface area (Å²) >= 11 is 0. The maximum absolute atomic E-state index is 12.9. The average Bonchev–Trinajstić information content (AvgIpc) is 3.20. The number of benzene rings is 2. The van der Waals surface area contributed by atoms with Crippen molar-refractivity contribution in [1.29, 1.82) is 0 Å². The largest absolute Gasteiger partial charge is 0.459 e. The number of nitrogens with zero attached hydrogens (tertiary/aromatic N) is 1. The van der Waals surface area contributed by atoms with Crippen LogP contribution < -0.4 is 0 Å². The molecule has 124 valence electrons. The molecule has 4 rings (SSSR count). The number of esters is 1. The van der Waals surface area contributed by atoms with Crippen LogP contribution in [0.4, 0.5) is 0 Å². The molecule has 2 aliphatic heterocycles. The van der Waals surface area contributed by atoms with Gasteiger partial charge in [-0.3, -0.25) is 4.84 Å². The van der Waals surface area contributed by atoms with Crippen LogP contribution in [-0.4, -0.2) is 23.1 Å². The SMILES string of the molecule is O=C(OCc1ccccc1)[C@]12CCCN1O[C@H](c1ccccc1)C2. The zero-order valence-electron chi connectivity index (χ0n) is 13.6. The fourth-order valence-corrected chi connectivity index (χ4v) is 3.70. The molecule has 0 N–H and O–H groups in total. The molecule has 2 fully saturated rings. The average molecular weight is 323 g/mol. The maximum Gasteiger partial charge on any atom is 0.329 e. The molecule has 4 nitrogen and oxygen atoms in total. The topological polar surface area (TPSA) is 38.8 Å². The van der Waals surface area contributed by atoms with Crippen LogP contribution in [0, 0.1) is 0 Å². The number of hydroxylamine groups is 2. The van der Waals surface area contributed by atoms with E-state index in [1.807, 2.05) is 53.6 Å². The molecule has 2 aliphatic rings. The third-order valence-corrected chi connectivity index (χ3v) is 4.97. The number of hydrogen-bond donors (Lipinski definition) is 0. The van der Waals surface area contributed by atoms with Crippen LogP contribution in [0.1, 0.15) is 36.5 Å². The Bertz CT molecular complexity index is 703. The van der Waals surface area contributed by atoms with Crippen molar-refractivity contribution >= 4 is 5.97 Å². The quantitative estimate of drug-likeness (QED) is 0.805. The number of carbonyl (C=O) groups excluding carboxylic acids is 1. The normalized spacial score (nSPS) is 26.2. The van der Waals surface area contributed by atoms with Gasteiger partial charge >= 0.3 is 5.97 Å². The van der Waals surface area contributed by atoms with E-state index < -0.39 is 5.54 Å². The molecule has 2 aromatic rings. The van der Waals surface area contributed by atoms with Gasteiger partial charge in [0.1, 0.15) is 18.2 Å². The molecule has 0 spiro atoms. The Kier molecular flexibility index (Phi) is 4.08. The molecular formula is C20H21NO3. The minimum absolute atomic E-state index is 0.0734. The predicted octanol–water partition coefficient (Wildman–Crippen LogP) is 3.64. The molecule has 2 heterocycles. The Morgan fingerprint density at radius 1 is 1.12 bits per heavy atom. The van der Waals surface area contributed by atoms with Gasteiger partial charge < -0.3 is 4.74 Å². The molecule has 0 amide bonds. The lowest BCUT2D eigenvalue weighted by molar-refractivity contribution is -0.193. The van der Waals surface area contributed by atoms with Gasteiger partial charge in [-0.1, -0.05) is 60.7 Å². The summed E-state index contributed by atoms with van der Waals surface area (Å²) < 4.78 is 5.64. The molecule has 0 bridgehead atoms. The van der Waals surface area contributed by atoms with E-state index in [2.05, 4.69) is 12.1 Å². The zero-order chi connectivity index (χ0) is 16.4. The maximum atomic E-state index is 12.9. The van der Waals surface area contributed by atoms with Crippen molar-refractivity contribution in [1.82, 2.24) is 5.06 Å². The highest BCUT2D eigenvalue weighted by molar-refractivity contribution is 5.81. The van der Waals surface area contributed by atoms with Crippen molar-refractivity contribution < 1.29 is 14.4 Å². The van der Waals surface area contributed by atoms with Crippen LogP contribution >= 0.6 is 0 Å². The first-order valence-corrected chi connectivity index (χ1v) is 8.48. The molecule has 0 unspecified atom stereocenters. The second-order valence-corrected chi connectivity index (χ2v) is 6.51. The van der Waals surface area contributed by atoms with Gasteiger partial charge in [0.05, 0.1) is 0 Å². The molecule has 0 aliphatic carbocycles. The zero-order valence-corrected chi connectivity index (χ0v) is 13.6. The lowest BCUT2D eigenvalue weighted by Crippen LogP contribution is -2.46. The third kappa shape index (κ3) is 2.72. The number of hydrogen-bond acceptors (Lipinski definition) is 4. The third-order valence-electron chi connectivity index (χ3n) is 4.97. The summed E-state index contributed by atoms with van der Waals surface area (Å²) in [6.45, 7) is 1.09. The Balaban J connectivity index is 1.49. The first-order valence-electron chi connectivity index (χ1n) is 8.48. The molecule has 4 heteroatoms. The smallest absolute Gasteiger partial charge is 0.329 e. The van der Waals surface area contributed by atoms with E-state index in [4.69, 9.17) is 9.57 Å². The molecule has 2 aromatic carbocycles. The fourth-order valence-electron chi connectivity index (χ4n) is 3.70. The number of rotatable bonds is 4. The van der Waals surface area contributed by atoms with Crippen molar-refractivity contribution in [3.05, 3.63) is 71.8 Å². The lowest BCUT2D eigenvalue weighted by Gasteiger charge is -2.26. The van der Waals surface area contributed by atoms with Gasteiger partial charge in [0.15, 0.2) is 0 Å². The van der Waals surface area contributed by atoms with Crippen molar-refractivity contribution in [3.63, 3.8) is 0 Å². The van der Waals surface area contributed by atoms with Crippen molar-refractivity contribution in [3.8, 4) is 0 Å². The predicted molar refractivity (Wildman–Crippen MR) is 89.8 cm³/mol. The Hall–Kier alpha value is -2.17. The molecular weight excluding hydrogens is 302 g/mol. The Morgan fingerprint density at radius 3 is 2.58 bits per heavy atom. The Morgan fingerprint density at radius 2 is 1.83 bits per heavy atom. The summed E-state index contributed by atoms with van der Waals surface area (Å²) in [5, 5.41) is 1.86. The van der Waals surface area contributed by atoms with E-state index in [0.717, 1.165) is 30.5 Å². The van der Waals surface area contributed by atoms with Gasteiger partial charge in [0.2, 0.25) is 0 Å². The standard InChI is InChI=1S/C20H21NO3/c22-19(23-15-16-8-3-1-4-9-16)20-12-7-13-21(20)24-18(14-20)17-10-5-2-6-11-17/h1-6,8-11,18H,7,12-15H2/t18-,20+/m0/s1. The van der Waals surface area contributed by atoms with Gasteiger partial charge in [-0.25, -0.2) is 4.79 Å². The first kappa shape index (κ1) is 15.4. The fraction of sp³-hybridized carbons (Fsp3) is 0.350. The molecule has 0 aromatic heterocycles. The van der Waals surface area contributed by atoms with Crippen molar-refractivity contribution in [2.45, 2.75) is 37.5 Å². The molecule has 2 saturated heterocycles. The van der Waals surface area contributed by atoms with E-state index in [1.165, 1.54) is 0 Å². The van der Waals surface area contributed by atoms with E-state index >= 15 is 0 Å². The van der Waals surface area contributed by atoms with Crippen LogP contribution in [-0.2, 0) is 21.0 Å². The van der Waals surface area contributed by atoms with E-state index in [0.29, 0.717) is 13.0 Å². The van der Waals surface area contributed by atoms with E-state index in [1.54, 1.807) is 0 Å². The van der Waals surface area contributed by atoms with Gasteiger partial charge in [0.25, 0.3) is 0 Å². The van der Waals surface area contributed by atoms with E-state index in [-0.39, 0.29) is 12.1 Å². The summed E-state index contributed by atoms with van der Waals surface area (Å²) in [6, 6.07) is 19.9. The number of ether oxygens (including phenoxy) is 1. The Labute approximate surface area is 141 Å². The van der Waals surface area contributed by atoms with Crippen LogP contribution in [0.3, 0.4) is 0 Å². The van der Waals surface area contributed by atoms with Gasteiger partial charge in [-0.2, -0.15) is 5.06 Å². The second kappa shape index (κ2) is 6.38. The van der Waals surface area contributed by atoms with Crippen LogP contribution in [0.15, 0.2) is 60.7 Å². The molecule has 0 radical (unpaired) electrons. The van der Waals surface area contributed by atoms with Crippen LogP contribution in [0.2, 0.25) is 0 Å². The highest BCUT2D eigenvalue weighted by Crippen LogP contribution is 2.47. The summed E-state index contributed by atoms with van der Waals surface area (Å²) in [5.74, 6) is -0.165. The highest BCUT2D eigenvalue weighted by Gasteiger charge is 2.56. The molecule has 0 saturated carbocycles. The number of carbonyl (C=O) groups is 1. The molecule has 2 atom stereocenters. The minimum atomic E-state index is -0.630. The minimum Gasteiger partial charge on any atom is -0.459 e. The summed E-state index contributed by atoms with van der Waals surface area (Å²) in [5.41, 5.74) is 1.49. The molecule has 24 heavy (non-hydrogen) atoms. The second-order valence-electron chi connectivity index (χ2n) is 6.51. The number of fused-ring (bicyclic) bond motifs is 1. The van der Waals surface area contributed by atoms with Gasteiger partial charge in [-0.15, -0.1) is 0 Å². The van der Waals surface area contributed by atoms with Gasteiger partial charge in [0, 0.05) is 13.0 Å². The summed E-state index contributed by atoms with van der Waals surface area (Å²) in [7, 11) is 0. The van der Waals surface area contributed by atoms with Crippen LogP contribution in [0.5, 0.6) is 0 Å². The lowest BCUT2D eigenvalue weighted by atomic mass is 9.89. The summed E-state index contributed by atoms with van der Waals surface area (Å²) in [6.07, 6.45) is 2.34. The highest BCUT2D eigenvalue weighted by atomic mass is 16.7.